The lowest BCUT2D eigenvalue weighted by atomic mass is 10.1. The molecule has 0 aliphatic carbocycles. The summed E-state index contributed by atoms with van der Waals surface area (Å²) in [7, 11) is 0. The SMILES string of the molecule is Cc1nnc(Oc2ccc(Br)c(F)c2)c2ccccc12. The second kappa shape index (κ2) is 5.17. The summed E-state index contributed by atoms with van der Waals surface area (Å²) in [6.07, 6.45) is 0. The minimum absolute atomic E-state index is 0.368. The summed E-state index contributed by atoms with van der Waals surface area (Å²) in [5.74, 6) is 0.369. The highest BCUT2D eigenvalue weighted by Crippen LogP contribution is 2.29. The van der Waals surface area contributed by atoms with Gasteiger partial charge in [-0.05, 0) is 41.1 Å². The highest BCUT2D eigenvalue weighted by molar-refractivity contribution is 9.10. The number of nitrogens with zero attached hydrogens (tertiary/aromatic N) is 2. The van der Waals surface area contributed by atoms with Crippen molar-refractivity contribution in [1.82, 2.24) is 10.2 Å². The molecule has 0 aliphatic rings. The van der Waals surface area contributed by atoms with Crippen LogP contribution in [-0.4, -0.2) is 10.2 Å². The molecule has 3 rings (SSSR count). The van der Waals surface area contributed by atoms with Gasteiger partial charge in [0.05, 0.1) is 10.2 Å². The van der Waals surface area contributed by atoms with Crippen molar-refractivity contribution in [1.29, 1.82) is 0 Å². The monoisotopic (exact) mass is 332 g/mol. The molecular formula is C15H10BrFN2O. The molecule has 3 nitrogen and oxygen atoms in total. The van der Waals surface area contributed by atoms with E-state index in [0.29, 0.717) is 16.1 Å². The molecule has 0 saturated carbocycles. The molecule has 0 saturated heterocycles. The average molecular weight is 333 g/mol. The molecule has 0 radical (unpaired) electrons. The fourth-order valence-corrected chi connectivity index (χ4v) is 2.19. The van der Waals surface area contributed by atoms with Crippen molar-refractivity contribution in [3.8, 4) is 11.6 Å². The van der Waals surface area contributed by atoms with Gasteiger partial charge in [-0.15, -0.1) is 5.10 Å². The lowest BCUT2D eigenvalue weighted by Crippen LogP contribution is -1.95. The predicted molar refractivity (Wildman–Crippen MR) is 78.4 cm³/mol. The number of rotatable bonds is 2. The van der Waals surface area contributed by atoms with Gasteiger partial charge in [-0.1, -0.05) is 18.2 Å². The Morgan fingerprint density at radius 3 is 2.55 bits per heavy atom. The van der Waals surface area contributed by atoms with Crippen LogP contribution in [-0.2, 0) is 0 Å². The average Bonchev–Trinajstić information content (AvgIpc) is 2.46. The van der Waals surface area contributed by atoms with Crippen LogP contribution in [0.4, 0.5) is 4.39 Å². The number of ether oxygens (including phenoxy) is 1. The maximum Gasteiger partial charge on any atom is 0.246 e. The summed E-state index contributed by atoms with van der Waals surface area (Å²) in [4.78, 5) is 0. The molecule has 0 fully saturated rings. The molecule has 1 heterocycles. The largest absolute Gasteiger partial charge is 0.437 e. The third-order valence-electron chi connectivity index (χ3n) is 2.94. The van der Waals surface area contributed by atoms with Crippen molar-refractivity contribution >= 4 is 26.7 Å². The zero-order valence-corrected chi connectivity index (χ0v) is 12.2. The van der Waals surface area contributed by atoms with Gasteiger partial charge in [0.25, 0.3) is 0 Å². The summed E-state index contributed by atoms with van der Waals surface area (Å²) in [6.45, 7) is 1.89. The van der Waals surface area contributed by atoms with Gasteiger partial charge < -0.3 is 4.74 Å². The van der Waals surface area contributed by atoms with Gasteiger partial charge in [-0.25, -0.2) is 4.39 Å². The maximum absolute atomic E-state index is 13.5. The van der Waals surface area contributed by atoms with Crippen LogP contribution in [0.3, 0.4) is 0 Å². The standard InChI is InChI=1S/C15H10BrFN2O/c1-9-11-4-2-3-5-12(11)15(19-18-9)20-10-6-7-13(16)14(17)8-10/h2-8H,1H3. The van der Waals surface area contributed by atoms with Crippen LogP contribution in [0, 0.1) is 12.7 Å². The number of hydrogen-bond acceptors (Lipinski definition) is 3. The molecular weight excluding hydrogens is 323 g/mol. The van der Waals surface area contributed by atoms with Gasteiger partial charge in [0.2, 0.25) is 5.88 Å². The lowest BCUT2D eigenvalue weighted by molar-refractivity contribution is 0.456. The first-order chi connectivity index (χ1) is 9.65. The van der Waals surface area contributed by atoms with E-state index in [9.17, 15) is 4.39 Å². The van der Waals surface area contributed by atoms with Crippen LogP contribution in [0.1, 0.15) is 5.69 Å². The van der Waals surface area contributed by atoms with E-state index in [1.54, 1.807) is 12.1 Å². The van der Waals surface area contributed by atoms with E-state index in [1.165, 1.54) is 6.07 Å². The Morgan fingerprint density at radius 2 is 1.80 bits per heavy atom. The Morgan fingerprint density at radius 1 is 1.05 bits per heavy atom. The van der Waals surface area contributed by atoms with Crippen molar-refractivity contribution in [3.05, 3.63) is 58.4 Å². The molecule has 0 N–H and O–H groups in total. The van der Waals surface area contributed by atoms with Gasteiger partial charge in [0, 0.05) is 16.8 Å². The number of aryl methyl sites for hydroxylation is 1. The van der Waals surface area contributed by atoms with E-state index in [0.717, 1.165) is 16.5 Å². The van der Waals surface area contributed by atoms with Crippen molar-refractivity contribution < 1.29 is 9.13 Å². The Kier molecular flexibility index (Phi) is 3.36. The number of aromatic nitrogens is 2. The molecule has 0 amide bonds. The Hall–Kier alpha value is -2.01. The van der Waals surface area contributed by atoms with Crippen molar-refractivity contribution in [2.45, 2.75) is 6.92 Å². The third-order valence-corrected chi connectivity index (χ3v) is 3.59. The zero-order chi connectivity index (χ0) is 14.1. The topological polar surface area (TPSA) is 35.0 Å². The molecule has 0 unspecified atom stereocenters. The van der Waals surface area contributed by atoms with Crippen LogP contribution >= 0.6 is 15.9 Å². The first-order valence-electron chi connectivity index (χ1n) is 6.00. The summed E-state index contributed by atoms with van der Waals surface area (Å²) < 4.78 is 19.5. The highest BCUT2D eigenvalue weighted by Gasteiger charge is 2.09. The molecule has 5 heteroatoms. The van der Waals surface area contributed by atoms with Gasteiger partial charge >= 0.3 is 0 Å². The molecule has 20 heavy (non-hydrogen) atoms. The van der Waals surface area contributed by atoms with E-state index in [2.05, 4.69) is 26.1 Å². The smallest absolute Gasteiger partial charge is 0.246 e. The Balaban J connectivity index is 2.06. The van der Waals surface area contributed by atoms with Gasteiger partial charge in [0.1, 0.15) is 11.6 Å². The molecule has 0 atom stereocenters. The Bertz CT molecular complexity index is 792. The fraction of sp³-hybridized carbons (Fsp3) is 0.0667. The molecule has 1 aromatic heterocycles. The summed E-state index contributed by atoms with van der Waals surface area (Å²) in [5, 5.41) is 9.93. The third kappa shape index (κ3) is 2.36. The second-order valence-electron chi connectivity index (χ2n) is 4.31. The van der Waals surface area contributed by atoms with Gasteiger partial charge in [0.15, 0.2) is 0 Å². The quantitative estimate of drug-likeness (QED) is 0.686. The van der Waals surface area contributed by atoms with E-state index < -0.39 is 0 Å². The molecule has 0 bridgehead atoms. The molecule has 0 aliphatic heterocycles. The number of benzene rings is 2. The molecule has 0 spiro atoms. The molecule has 100 valence electrons. The molecule has 2 aromatic carbocycles. The number of hydrogen-bond donors (Lipinski definition) is 0. The summed E-state index contributed by atoms with van der Waals surface area (Å²) >= 11 is 3.11. The van der Waals surface area contributed by atoms with Crippen LogP contribution in [0.2, 0.25) is 0 Å². The maximum atomic E-state index is 13.5. The van der Waals surface area contributed by atoms with E-state index >= 15 is 0 Å². The van der Waals surface area contributed by atoms with E-state index in [1.807, 2.05) is 31.2 Å². The normalized spacial score (nSPS) is 10.8. The van der Waals surface area contributed by atoms with Crippen LogP contribution in [0.15, 0.2) is 46.9 Å². The van der Waals surface area contributed by atoms with Gasteiger partial charge in [-0.3, -0.25) is 0 Å². The first-order valence-corrected chi connectivity index (χ1v) is 6.79. The van der Waals surface area contributed by atoms with Crippen LogP contribution in [0.5, 0.6) is 11.6 Å². The van der Waals surface area contributed by atoms with Crippen molar-refractivity contribution in [3.63, 3.8) is 0 Å². The fourth-order valence-electron chi connectivity index (χ4n) is 1.94. The highest BCUT2D eigenvalue weighted by atomic mass is 79.9. The van der Waals surface area contributed by atoms with Crippen molar-refractivity contribution in [2.75, 3.05) is 0 Å². The van der Waals surface area contributed by atoms with Crippen molar-refractivity contribution in [2.24, 2.45) is 0 Å². The summed E-state index contributed by atoms with van der Waals surface area (Å²) in [5.41, 5.74) is 0.829. The predicted octanol–water partition coefficient (Wildman–Crippen LogP) is 4.63. The minimum Gasteiger partial charge on any atom is -0.437 e. The Labute approximate surface area is 123 Å². The van der Waals surface area contributed by atoms with Crippen LogP contribution < -0.4 is 4.74 Å². The lowest BCUT2D eigenvalue weighted by Gasteiger charge is -2.08. The van der Waals surface area contributed by atoms with Gasteiger partial charge in [-0.2, -0.15) is 5.10 Å². The van der Waals surface area contributed by atoms with Crippen LogP contribution in [0.25, 0.3) is 10.8 Å². The minimum atomic E-state index is -0.383. The second-order valence-corrected chi connectivity index (χ2v) is 5.17. The number of halogens is 2. The summed E-state index contributed by atoms with van der Waals surface area (Å²) in [6, 6.07) is 12.3. The zero-order valence-electron chi connectivity index (χ0n) is 10.6. The van der Waals surface area contributed by atoms with E-state index in [4.69, 9.17) is 4.74 Å². The number of fused-ring (bicyclic) bond motifs is 1. The van der Waals surface area contributed by atoms with E-state index in [-0.39, 0.29) is 5.82 Å². The molecule has 3 aromatic rings. The first kappa shape index (κ1) is 13.0.